The highest BCUT2D eigenvalue weighted by atomic mass is 35.5. The highest BCUT2D eigenvalue weighted by molar-refractivity contribution is 7.80. The van der Waals surface area contributed by atoms with E-state index in [4.69, 9.17) is 37.7 Å². The molecular weight excluding hydrogens is 574 g/mol. The largest absolute Gasteiger partial charge is 0.497 e. The second-order valence-corrected chi connectivity index (χ2v) is 10.3. The SMILES string of the molecule is COc1ccc(Oc2ccc(N3C(=S)N[C@H](c4ccccn4)[C@@H]3c3ccc(-c4cc(C(=O)O)ccc4Cl)o3)cc2)cc1. The number of carboxylic acids is 1. The Kier molecular flexibility index (Phi) is 7.52. The first-order chi connectivity index (χ1) is 20.4. The molecule has 42 heavy (non-hydrogen) atoms. The molecule has 2 aromatic heterocycles. The summed E-state index contributed by atoms with van der Waals surface area (Å²) in [7, 11) is 1.62. The third-order valence-electron chi connectivity index (χ3n) is 6.91. The van der Waals surface area contributed by atoms with Gasteiger partial charge in [0, 0.05) is 17.4 Å². The zero-order valence-electron chi connectivity index (χ0n) is 22.2. The molecule has 0 aliphatic carbocycles. The van der Waals surface area contributed by atoms with E-state index in [-0.39, 0.29) is 11.6 Å². The van der Waals surface area contributed by atoms with Gasteiger partial charge in [-0.1, -0.05) is 17.7 Å². The minimum atomic E-state index is -1.05. The van der Waals surface area contributed by atoms with E-state index < -0.39 is 12.0 Å². The van der Waals surface area contributed by atoms with Crippen LogP contribution in [0, 0.1) is 0 Å². The number of nitrogens with zero attached hydrogens (tertiary/aromatic N) is 2. The molecule has 5 aromatic rings. The fraction of sp³-hybridized carbons (Fsp3) is 0.0938. The van der Waals surface area contributed by atoms with Gasteiger partial charge in [-0.25, -0.2) is 4.79 Å². The van der Waals surface area contributed by atoms with Gasteiger partial charge in [-0.3, -0.25) is 4.98 Å². The van der Waals surface area contributed by atoms with Crippen molar-refractivity contribution in [3.05, 3.63) is 125 Å². The van der Waals surface area contributed by atoms with Gasteiger partial charge in [-0.05, 0) is 103 Å². The van der Waals surface area contributed by atoms with Crippen LogP contribution < -0.4 is 19.7 Å². The molecule has 1 saturated heterocycles. The van der Waals surface area contributed by atoms with Crippen LogP contribution in [0.15, 0.2) is 108 Å². The lowest BCUT2D eigenvalue weighted by atomic mass is 10.0. The van der Waals surface area contributed by atoms with Gasteiger partial charge >= 0.3 is 5.97 Å². The number of hydrogen-bond acceptors (Lipinski definition) is 6. The molecule has 0 bridgehead atoms. The number of benzene rings is 3. The first-order valence-corrected chi connectivity index (χ1v) is 13.8. The molecule has 1 aliphatic rings. The number of thiocarbonyl (C=S) groups is 1. The zero-order valence-corrected chi connectivity index (χ0v) is 23.8. The summed E-state index contributed by atoms with van der Waals surface area (Å²) in [6.45, 7) is 0. The third kappa shape index (κ3) is 5.39. The molecule has 6 rings (SSSR count). The quantitative estimate of drug-likeness (QED) is 0.175. The van der Waals surface area contributed by atoms with Crippen LogP contribution in [-0.2, 0) is 0 Å². The highest BCUT2D eigenvalue weighted by Crippen LogP contribution is 2.44. The summed E-state index contributed by atoms with van der Waals surface area (Å²) in [4.78, 5) is 18.1. The molecule has 1 aliphatic heterocycles. The summed E-state index contributed by atoms with van der Waals surface area (Å²) in [5.41, 5.74) is 2.20. The second kappa shape index (κ2) is 11.6. The first kappa shape index (κ1) is 27.3. The standard InChI is InChI=1S/C32H24ClN3O5S/c1-39-21-10-12-23(13-11-21)40-22-8-6-20(7-9-22)36-30(29(35-32(36)42)26-4-2-3-17-34-26)28-16-15-27(41-28)24-18-19(31(37)38)5-14-25(24)33/h2-18,29-30H,1H3,(H,35,42)(H,37,38)/t29-,30+/m1/s1. The summed E-state index contributed by atoms with van der Waals surface area (Å²) in [6, 6.07) is 28.1. The molecular formula is C32H24ClN3O5S. The van der Waals surface area contributed by atoms with Crippen molar-refractivity contribution in [2.75, 3.05) is 12.0 Å². The number of pyridine rings is 1. The Morgan fingerprint density at radius 2 is 1.69 bits per heavy atom. The van der Waals surface area contributed by atoms with Gasteiger partial charge in [-0.2, -0.15) is 0 Å². The van der Waals surface area contributed by atoms with Crippen LogP contribution in [0.25, 0.3) is 11.3 Å². The lowest BCUT2D eigenvalue weighted by Crippen LogP contribution is -2.29. The van der Waals surface area contributed by atoms with E-state index >= 15 is 0 Å². The number of ether oxygens (including phenoxy) is 2. The number of nitrogens with one attached hydrogen (secondary N) is 1. The van der Waals surface area contributed by atoms with E-state index in [0.29, 0.717) is 38.7 Å². The van der Waals surface area contributed by atoms with Gasteiger partial charge in [0.1, 0.15) is 34.8 Å². The number of hydrogen-bond donors (Lipinski definition) is 2. The van der Waals surface area contributed by atoms with Gasteiger partial charge in [0.15, 0.2) is 5.11 Å². The van der Waals surface area contributed by atoms with Crippen molar-refractivity contribution >= 4 is 40.6 Å². The van der Waals surface area contributed by atoms with Crippen LogP contribution >= 0.6 is 23.8 Å². The summed E-state index contributed by atoms with van der Waals surface area (Å²) in [6.07, 6.45) is 1.73. The Morgan fingerprint density at radius 3 is 2.36 bits per heavy atom. The van der Waals surface area contributed by atoms with E-state index in [2.05, 4.69) is 10.3 Å². The molecule has 8 nitrogen and oxygen atoms in total. The predicted octanol–water partition coefficient (Wildman–Crippen LogP) is 7.67. The Balaban J connectivity index is 1.35. The molecule has 0 spiro atoms. The van der Waals surface area contributed by atoms with Crippen molar-refractivity contribution < 1.29 is 23.8 Å². The third-order valence-corrected chi connectivity index (χ3v) is 7.55. The Bertz CT molecular complexity index is 1740. The monoisotopic (exact) mass is 597 g/mol. The normalized spacial score (nSPS) is 16.2. The minimum absolute atomic E-state index is 0.112. The van der Waals surface area contributed by atoms with Crippen molar-refractivity contribution in [2.45, 2.75) is 12.1 Å². The highest BCUT2D eigenvalue weighted by Gasteiger charge is 2.42. The lowest BCUT2D eigenvalue weighted by Gasteiger charge is -2.26. The number of carboxylic acid groups (broad SMARTS) is 1. The van der Waals surface area contributed by atoms with Gasteiger partial charge in [0.25, 0.3) is 0 Å². The number of furan rings is 1. The van der Waals surface area contributed by atoms with Crippen LogP contribution in [0.4, 0.5) is 5.69 Å². The smallest absolute Gasteiger partial charge is 0.335 e. The number of methoxy groups -OCH3 is 1. The average Bonchev–Trinajstić information content (AvgIpc) is 3.63. The molecule has 3 aromatic carbocycles. The summed E-state index contributed by atoms with van der Waals surface area (Å²) in [5, 5.41) is 13.8. The first-order valence-electron chi connectivity index (χ1n) is 13.0. The zero-order chi connectivity index (χ0) is 29.2. The number of carbonyl (C=O) groups is 1. The predicted molar refractivity (Wildman–Crippen MR) is 164 cm³/mol. The molecule has 210 valence electrons. The topological polar surface area (TPSA) is 97.1 Å². The number of rotatable bonds is 8. The molecule has 1 fully saturated rings. The summed E-state index contributed by atoms with van der Waals surface area (Å²) >= 11 is 12.3. The van der Waals surface area contributed by atoms with Gasteiger partial charge in [0.2, 0.25) is 0 Å². The van der Waals surface area contributed by atoms with Crippen LogP contribution in [0.1, 0.15) is 33.9 Å². The van der Waals surface area contributed by atoms with E-state index in [9.17, 15) is 9.90 Å². The maximum absolute atomic E-state index is 11.6. The Morgan fingerprint density at radius 1 is 0.976 bits per heavy atom. The van der Waals surface area contributed by atoms with Crippen molar-refractivity contribution in [1.29, 1.82) is 0 Å². The van der Waals surface area contributed by atoms with Crippen molar-refractivity contribution in [3.63, 3.8) is 0 Å². The van der Waals surface area contributed by atoms with Crippen LogP contribution in [-0.4, -0.2) is 28.3 Å². The molecule has 2 N–H and O–H groups in total. The fourth-order valence-electron chi connectivity index (χ4n) is 4.88. The van der Waals surface area contributed by atoms with Crippen LogP contribution in [0.5, 0.6) is 17.2 Å². The van der Waals surface area contributed by atoms with E-state index in [1.807, 2.05) is 77.7 Å². The second-order valence-electron chi connectivity index (χ2n) is 9.47. The molecule has 3 heterocycles. The van der Waals surface area contributed by atoms with E-state index in [1.54, 1.807) is 25.4 Å². The van der Waals surface area contributed by atoms with Crippen LogP contribution in [0.2, 0.25) is 5.02 Å². The van der Waals surface area contributed by atoms with Gasteiger partial charge < -0.3 is 29.2 Å². The minimum Gasteiger partial charge on any atom is -0.497 e. The summed E-state index contributed by atoms with van der Waals surface area (Å²) in [5.74, 6) is 2.09. The Hall–Kier alpha value is -4.86. The number of aromatic carboxylic acids is 1. The molecule has 10 heteroatoms. The maximum atomic E-state index is 11.6. The maximum Gasteiger partial charge on any atom is 0.335 e. The molecule has 0 unspecified atom stereocenters. The number of aromatic nitrogens is 1. The molecule has 0 radical (unpaired) electrons. The van der Waals surface area contributed by atoms with Crippen LogP contribution in [0.3, 0.4) is 0 Å². The molecule has 0 amide bonds. The Labute approximate surface area is 252 Å². The number of anilines is 1. The lowest BCUT2D eigenvalue weighted by molar-refractivity contribution is 0.0697. The van der Waals surface area contributed by atoms with E-state index in [1.165, 1.54) is 12.1 Å². The average molecular weight is 598 g/mol. The van der Waals surface area contributed by atoms with Crippen molar-refractivity contribution in [3.8, 4) is 28.6 Å². The van der Waals surface area contributed by atoms with Gasteiger partial charge in [-0.15, -0.1) is 0 Å². The number of halogens is 1. The summed E-state index contributed by atoms with van der Waals surface area (Å²) < 4.78 is 17.6. The fourth-order valence-corrected chi connectivity index (χ4v) is 5.44. The van der Waals surface area contributed by atoms with Crippen molar-refractivity contribution in [1.82, 2.24) is 10.3 Å². The van der Waals surface area contributed by atoms with Crippen molar-refractivity contribution in [2.24, 2.45) is 0 Å². The van der Waals surface area contributed by atoms with Gasteiger partial charge in [0.05, 0.1) is 29.4 Å². The van der Waals surface area contributed by atoms with E-state index in [0.717, 1.165) is 17.1 Å². The molecule has 0 saturated carbocycles. The molecule has 2 atom stereocenters.